The van der Waals surface area contributed by atoms with Crippen LogP contribution in [-0.2, 0) is 0 Å². The van der Waals surface area contributed by atoms with Gasteiger partial charge in [0, 0.05) is 27.8 Å². The summed E-state index contributed by atoms with van der Waals surface area (Å²) >= 11 is 0. The molecule has 1 atom stereocenters. The van der Waals surface area contributed by atoms with Gasteiger partial charge in [-0.1, -0.05) is 432 Å². The van der Waals surface area contributed by atoms with Gasteiger partial charge in [0.25, 0.3) is 0 Å². The fourth-order valence-corrected chi connectivity index (χ4v) is 26.2. The molecule has 0 N–H and O–H groups in total. The first-order valence-corrected chi connectivity index (χ1v) is 48.7. The molecule has 2 aliphatic heterocycles. The summed E-state index contributed by atoms with van der Waals surface area (Å²) in [7, 11) is -3.94. The van der Waals surface area contributed by atoms with Gasteiger partial charge < -0.3 is 0 Å². The molecule has 0 saturated carbocycles. The van der Waals surface area contributed by atoms with E-state index in [1.165, 1.54) is 132 Å². The van der Waals surface area contributed by atoms with E-state index in [0.29, 0.717) is 5.82 Å². The molecule has 2 aliphatic rings. The van der Waals surface area contributed by atoms with Crippen LogP contribution >= 0.6 is 0 Å². The first kappa shape index (κ1) is 77.0. The molecule has 0 aliphatic carbocycles. The van der Waals surface area contributed by atoms with Crippen LogP contribution in [0.15, 0.2) is 473 Å². The van der Waals surface area contributed by atoms with Crippen molar-refractivity contribution in [1.29, 1.82) is 0 Å². The molecule has 0 amide bonds. The summed E-state index contributed by atoms with van der Waals surface area (Å²) < 4.78 is 0. The summed E-state index contributed by atoms with van der Waals surface area (Å²) in [5.74, 6) is 0.691. The van der Waals surface area contributed by atoms with Gasteiger partial charge in [-0.05, 0) is 220 Å². The van der Waals surface area contributed by atoms with E-state index in [0.717, 1.165) is 78.4 Å². The minimum absolute atomic E-state index is 0.691. The van der Waals surface area contributed by atoms with Crippen LogP contribution in [0.1, 0.15) is 0 Å². The zero-order chi connectivity index (χ0) is 83.8. The van der Waals surface area contributed by atoms with Gasteiger partial charge in [-0.2, -0.15) is 0 Å². The maximum Gasteiger partial charge on any atom is 0.160 e. The Morgan fingerprint density at radius 2 is 0.408 bits per heavy atom. The number of pyridine rings is 1. The Bertz CT molecular complexity index is 7310. The Morgan fingerprint density at radius 3 is 0.840 bits per heavy atom. The lowest BCUT2D eigenvalue weighted by atomic mass is 9.92. The summed E-state index contributed by atoms with van der Waals surface area (Å²) in [6, 6.07) is 171. The van der Waals surface area contributed by atoms with E-state index in [9.17, 15) is 0 Å². The normalized spacial score (nSPS) is 13.2. The number of fused-ring (bicyclic) bond motifs is 6. The second kappa shape index (κ2) is 33.2. The molecule has 0 saturated heterocycles. The van der Waals surface area contributed by atoms with Crippen LogP contribution in [0.4, 0.5) is 0 Å². The van der Waals surface area contributed by atoms with Crippen molar-refractivity contribution in [2.75, 3.05) is 0 Å². The standard InChI is InChI=1S/C60H44N2Si.C60H43NSi/c1-63(2)57-30-10-9-28-54(57)59-53(29-15-31-58(59)63)50-25-12-24-49(37-50)48-23-11-20-45(36-48)43-32-34-44(35-33-43)60-61-55(51-26-13-21-46(38-51)41-16-5-3-6-17-41)40-56(62-60)52-27-14-22-47(39-52)42-18-7-4-8-19-42;1-62(53-27-9-4-10-28-53)58-31-12-11-29-55(58)60-54(30-16-32-59(60)62)50-25-14-24-49(38-50)48-23-13-21-46(37-48)44-33-35-45(36-34-44)56-40-52(43-19-7-3-8-20-43)41-57(61-56)51-26-15-22-47(39-51)42-17-5-2-6-18-42/h3-40H,1-2H3;2-41H,1H3. The average molecular weight is 1630 g/mol. The first-order chi connectivity index (χ1) is 61.6. The van der Waals surface area contributed by atoms with Crippen molar-refractivity contribution in [1.82, 2.24) is 15.0 Å². The van der Waals surface area contributed by atoms with Crippen LogP contribution in [0.3, 0.4) is 0 Å². The van der Waals surface area contributed by atoms with Crippen LogP contribution < -0.4 is 25.9 Å². The number of aromatic nitrogens is 3. The van der Waals surface area contributed by atoms with Gasteiger partial charge in [-0.15, -0.1) is 0 Å². The highest BCUT2D eigenvalue weighted by atomic mass is 28.3. The van der Waals surface area contributed by atoms with Crippen LogP contribution in [0, 0.1) is 0 Å². The van der Waals surface area contributed by atoms with Gasteiger partial charge in [0.2, 0.25) is 0 Å². The second-order valence-corrected chi connectivity index (χ2v) is 41.7. The van der Waals surface area contributed by atoms with Gasteiger partial charge in [0.1, 0.15) is 16.1 Å². The van der Waals surface area contributed by atoms with Crippen molar-refractivity contribution in [3.05, 3.63) is 473 Å². The van der Waals surface area contributed by atoms with E-state index >= 15 is 0 Å². The average Bonchev–Trinajstić information content (AvgIpc) is 1.54. The Hall–Kier alpha value is -15.4. The van der Waals surface area contributed by atoms with Crippen LogP contribution in [-0.4, -0.2) is 31.1 Å². The third-order valence-corrected chi connectivity index (χ3v) is 33.5. The number of hydrogen-bond donors (Lipinski definition) is 0. The van der Waals surface area contributed by atoms with E-state index in [1.54, 1.807) is 0 Å². The second-order valence-electron chi connectivity index (χ2n) is 33.4. The lowest BCUT2D eigenvalue weighted by molar-refractivity contribution is 1.18. The van der Waals surface area contributed by atoms with Gasteiger partial charge >= 0.3 is 0 Å². The van der Waals surface area contributed by atoms with Crippen molar-refractivity contribution in [3.63, 3.8) is 0 Å². The molecule has 1 unspecified atom stereocenters. The van der Waals surface area contributed by atoms with Gasteiger partial charge in [0.05, 0.1) is 22.8 Å². The zero-order valence-electron chi connectivity index (χ0n) is 69.9. The summed E-state index contributed by atoms with van der Waals surface area (Å²) in [4.78, 5) is 15.8. The molecule has 0 fully saturated rings. The molecule has 22 rings (SSSR count). The maximum absolute atomic E-state index is 5.28. The first-order valence-electron chi connectivity index (χ1n) is 43.2. The molecular weight excluding hydrogens is 1540 g/mol. The molecule has 5 heteroatoms. The van der Waals surface area contributed by atoms with E-state index in [4.69, 9.17) is 15.0 Å². The number of rotatable bonds is 16. The SMILES string of the molecule is C[Si]1(C)c2ccccc2-c2c(-c3cccc(-c4cccc(-c5ccc(-c6nc(-c7cccc(-c8ccccc8)c7)cc(-c7cccc(-c8ccccc8)c7)n6)cc5)c4)c3)cccc21.C[Si]1(c2ccccc2)c2ccccc2-c2c(-c3cccc(-c4cccc(-c5ccc(-c6cc(-c7ccccc7)cc(-c7cccc(-c8ccccc8)c7)n6)cc5)c4)c3)cccc21. The summed E-state index contributed by atoms with van der Waals surface area (Å²) in [5, 5.41) is 7.50. The minimum Gasteiger partial charge on any atom is -0.248 e. The molecule has 2 aromatic heterocycles. The Labute approximate surface area is 734 Å². The summed E-state index contributed by atoms with van der Waals surface area (Å²) in [6.45, 7) is 7.48. The number of benzene rings is 18. The number of hydrogen-bond acceptors (Lipinski definition) is 3. The van der Waals surface area contributed by atoms with Crippen LogP contribution in [0.25, 0.3) is 190 Å². The molecule has 590 valence electrons. The van der Waals surface area contributed by atoms with Crippen molar-refractivity contribution < 1.29 is 0 Å². The zero-order valence-corrected chi connectivity index (χ0v) is 71.9. The third-order valence-electron chi connectivity index (χ3n) is 25.5. The van der Waals surface area contributed by atoms with Gasteiger partial charge in [0.15, 0.2) is 5.82 Å². The lowest BCUT2D eigenvalue weighted by Gasteiger charge is -2.25. The number of nitrogens with zero attached hydrogens (tertiary/aromatic N) is 3. The summed E-state index contributed by atoms with van der Waals surface area (Å²) in [6.07, 6.45) is 0. The molecule has 20 aromatic rings. The molecule has 3 nitrogen and oxygen atoms in total. The molecule has 18 aromatic carbocycles. The molecule has 0 bridgehead atoms. The van der Waals surface area contributed by atoms with Crippen molar-refractivity contribution in [2.24, 2.45) is 0 Å². The Kier molecular flexibility index (Phi) is 20.5. The predicted octanol–water partition coefficient (Wildman–Crippen LogP) is 28.4. The minimum atomic E-state index is -2.17. The highest BCUT2D eigenvalue weighted by Gasteiger charge is 2.44. The van der Waals surface area contributed by atoms with Crippen LogP contribution in [0.2, 0.25) is 19.6 Å². The quantitative estimate of drug-likeness (QED) is 0.0905. The predicted molar refractivity (Wildman–Crippen MR) is 532 cm³/mol. The van der Waals surface area contributed by atoms with Crippen LogP contribution in [0.5, 0.6) is 0 Å². The molecule has 0 radical (unpaired) electrons. The fourth-order valence-electron chi connectivity index (χ4n) is 19.0. The monoisotopic (exact) mass is 1630 g/mol. The van der Waals surface area contributed by atoms with E-state index in [-0.39, 0.29) is 0 Å². The molecule has 4 heterocycles. The highest BCUT2D eigenvalue weighted by molar-refractivity contribution is 7.13. The largest absolute Gasteiger partial charge is 0.248 e. The van der Waals surface area contributed by atoms with Crippen molar-refractivity contribution in [2.45, 2.75) is 19.6 Å². The molecular formula is C120H87N3Si2. The smallest absolute Gasteiger partial charge is 0.160 e. The Morgan fingerprint density at radius 1 is 0.152 bits per heavy atom. The fraction of sp³-hybridized carbons (Fsp3) is 0.0250. The van der Waals surface area contributed by atoms with Gasteiger partial charge in [-0.3, -0.25) is 0 Å². The highest BCUT2D eigenvalue weighted by Crippen LogP contribution is 2.43. The van der Waals surface area contributed by atoms with Crippen molar-refractivity contribution >= 4 is 42.1 Å². The molecule has 0 spiro atoms. The van der Waals surface area contributed by atoms with E-state index < -0.39 is 16.1 Å². The Balaban J connectivity index is 0.000000153. The lowest BCUT2D eigenvalue weighted by Crippen LogP contribution is -2.62. The topological polar surface area (TPSA) is 38.7 Å². The van der Waals surface area contributed by atoms with E-state index in [2.05, 4.69) is 493 Å². The van der Waals surface area contributed by atoms with E-state index in [1.807, 2.05) is 0 Å². The summed E-state index contributed by atoms with van der Waals surface area (Å²) in [5.41, 5.74) is 38.4. The molecule has 125 heavy (non-hydrogen) atoms. The van der Waals surface area contributed by atoms with Gasteiger partial charge in [-0.25, -0.2) is 15.0 Å². The van der Waals surface area contributed by atoms with Crippen molar-refractivity contribution in [3.8, 4) is 190 Å². The maximum atomic E-state index is 5.28. The third kappa shape index (κ3) is 15.0.